The highest BCUT2D eigenvalue weighted by atomic mass is 19.1. The first-order chi connectivity index (χ1) is 9.38. The first-order valence-electron chi connectivity index (χ1n) is 5.13. The van der Waals surface area contributed by atoms with Crippen molar-refractivity contribution < 1.29 is 23.0 Å². The Morgan fingerprint density at radius 2 is 2.10 bits per heavy atom. The van der Waals surface area contributed by atoms with E-state index in [-0.39, 0.29) is 11.8 Å². The number of nitro benzene ring substituents is 1. The Bertz CT molecular complexity index is 701. The molecular formula is C10H6F2N4O4. The van der Waals surface area contributed by atoms with Crippen LogP contribution in [0.15, 0.2) is 16.7 Å². The predicted molar refractivity (Wildman–Crippen MR) is 60.0 cm³/mol. The number of nitrogens with one attached hydrogen (secondary N) is 1. The molecule has 0 fully saturated rings. The molecule has 0 aliphatic rings. The zero-order valence-electron chi connectivity index (χ0n) is 9.89. The van der Waals surface area contributed by atoms with Crippen molar-refractivity contribution in [2.24, 2.45) is 0 Å². The summed E-state index contributed by atoms with van der Waals surface area (Å²) in [6.45, 7) is 1.49. The van der Waals surface area contributed by atoms with Crippen molar-refractivity contribution in [3.05, 3.63) is 45.3 Å². The maximum atomic E-state index is 13.6. The zero-order chi connectivity index (χ0) is 14.9. The third kappa shape index (κ3) is 2.58. The van der Waals surface area contributed by atoms with Gasteiger partial charge in [-0.15, -0.1) is 0 Å². The van der Waals surface area contributed by atoms with Gasteiger partial charge in [0, 0.05) is 0 Å². The molecule has 20 heavy (non-hydrogen) atoms. The lowest BCUT2D eigenvalue weighted by atomic mass is 10.1. The number of aryl methyl sites for hydroxylation is 1. The molecule has 0 bridgehead atoms. The van der Waals surface area contributed by atoms with E-state index in [9.17, 15) is 23.7 Å². The van der Waals surface area contributed by atoms with Gasteiger partial charge >= 0.3 is 11.7 Å². The number of hydrogen-bond acceptors (Lipinski definition) is 6. The van der Waals surface area contributed by atoms with Crippen LogP contribution in [-0.4, -0.2) is 21.0 Å². The second-order valence-corrected chi connectivity index (χ2v) is 3.64. The van der Waals surface area contributed by atoms with Gasteiger partial charge in [0.1, 0.15) is 5.82 Å². The normalized spacial score (nSPS) is 10.3. The van der Waals surface area contributed by atoms with Crippen LogP contribution in [0.25, 0.3) is 0 Å². The molecule has 0 aliphatic heterocycles. The lowest BCUT2D eigenvalue weighted by Gasteiger charge is -2.02. The molecule has 0 aliphatic carbocycles. The Morgan fingerprint density at radius 3 is 2.65 bits per heavy atom. The molecule has 1 aromatic carbocycles. The number of hydrogen-bond donors (Lipinski definition) is 1. The van der Waals surface area contributed by atoms with E-state index in [1.807, 2.05) is 5.32 Å². The van der Waals surface area contributed by atoms with Crippen LogP contribution >= 0.6 is 0 Å². The third-order valence-electron chi connectivity index (χ3n) is 2.23. The van der Waals surface area contributed by atoms with Crippen LogP contribution in [-0.2, 0) is 0 Å². The quantitative estimate of drug-likeness (QED) is 0.679. The number of amides is 1. The summed E-state index contributed by atoms with van der Waals surface area (Å²) in [6.07, 6.45) is 0. The van der Waals surface area contributed by atoms with Crippen LogP contribution in [0.5, 0.6) is 0 Å². The van der Waals surface area contributed by atoms with Gasteiger partial charge in [0.05, 0.1) is 16.6 Å². The lowest BCUT2D eigenvalue weighted by Crippen LogP contribution is -2.15. The summed E-state index contributed by atoms with van der Waals surface area (Å²) in [6, 6.07) is 0.445. The molecule has 1 amide bonds. The minimum atomic E-state index is -1.33. The van der Waals surface area contributed by atoms with Gasteiger partial charge in [-0.05, 0) is 13.0 Å². The molecule has 2 rings (SSSR count). The average molecular weight is 284 g/mol. The van der Waals surface area contributed by atoms with E-state index >= 15 is 0 Å². The molecule has 104 valence electrons. The Morgan fingerprint density at radius 1 is 1.40 bits per heavy atom. The fraction of sp³-hybridized carbons (Fsp3) is 0.100. The molecular weight excluding hydrogens is 278 g/mol. The number of nitro groups is 1. The third-order valence-corrected chi connectivity index (χ3v) is 2.23. The van der Waals surface area contributed by atoms with Crippen molar-refractivity contribution in [3.63, 3.8) is 0 Å². The van der Waals surface area contributed by atoms with Gasteiger partial charge in [-0.25, -0.2) is 4.39 Å². The summed E-state index contributed by atoms with van der Waals surface area (Å²) in [5, 5.41) is 15.8. The molecule has 0 atom stereocenters. The van der Waals surface area contributed by atoms with E-state index in [0.717, 1.165) is 0 Å². The number of rotatable bonds is 3. The van der Waals surface area contributed by atoms with E-state index in [1.54, 1.807) is 0 Å². The zero-order valence-corrected chi connectivity index (χ0v) is 9.89. The molecule has 0 unspecified atom stereocenters. The van der Waals surface area contributed by atoms with Crippen LogP contribution < -0.4 is 5.32 Å². The molecule has 0 saturated heterocycles. The van der Waals surface area contributed by atoms with Gasteiger partial charge in [0.25, 0.3) is 5.91 Å². The molecule has 0 saturated carbocycles. The number of carbonyl (C=O) groups is 1. The van der Waals surface area contributed by atoms with E-state index < -0.39 is 33.7 Å². The van der Waals surface area contributed by atoms with Gasteiger partial charge in [-0.1, -0.05) is 5.16 Å². The van der Waals surface area contributed by atoms with Crippen molar-refractivity contribution in [3.8, 4) is 0 Å². The fourth-order valence-electron chi connectivity index (χ4n) is 1.36. The summed E-state index contributed by atoms with van der Waals surface area (Å²) < 4.78 is 31.5. The fourth-order valence-corrected chi connectivity index (χ4v) is 1.36. The van der Waals surface area contributed by atoms with Crippen molar-refractivity contribution in [1.29, 1.82) is 0 Å². The number of anilines is 1. The molecule has 10 heteroatoms. The largest absolute Gasteiger partial charge is 0.328 e. The van der Waals surface area contributed by atoms with Crippen molar-refractivity contribution in [2.45, 2.75) is 6.92 Å². The monoisotopic (exact) mass is 284 g/mol. The van der Waals surface area contributed by atoms with E-state index in [2.05, 4.69) is 14.7 Å². The van der Waals surface area contributed by atoms with Crippen LogP contribution in [0, 0.1) is 28.7 Å². The van der Waals surface area contributed by atoms with Gasteiger partial charge in [-0.3, -0.25) is 20.2 Å². The Kier molecular flexibility index (Phi) is 3.37. The summed E-state index contributed by atoms with van der Waals surface area (Å²) in [5.74, 6) is -3.41. The van der Waals surface area contributed by atoms with Gasteiger partial charge in [0.2, 0.25) is 5.82 Å². The van der Waals surface area contributed by atoms with Crippen LogP contribution in [0.1, 0.15) is 16.2 Å². The summed E-state index contributed by atoms with van der Waals surface area (Å²) in [4.78, 5) is 24.6. The maximum Gasteiger partial charge on any atom is 0.328 e. The molecule has 1 N–H and O–H groups in total. The molecule has 1 aromatic heterocycles. The van der Waals surface area contributed by atoms with Crippen LogP contribution in [0.3, 0.4) is 0 Å². The standard InChI is InChI=1S/C10H6F2N4O4/c1-4-13-10(20-15-4)14-9(17)5-2-7(12)8(16(18)19)3-6(5)11/h2-3H,1H3,(H,13,14,15,17). The predicted octanol–water partition coefficient (Wildman–Crippen LogP) is 1.82. The Balaban J connectivity index is 2.30. The first kappa shape index (κ1) is 13.5. The smallest absolute Gasteiger partial charge is 0.315 e. The number of benzene rings is 1. The highest BCUT2D eigenvalue weighted by Crippen LogP contribution is 2.22. The molecule has 2 aromatic rings. The number of carbonyl (C=O) groups excluding carboxylic acids is 1. The molecule has 0 radical (unpaired) electrons. The Hall–Kier alpha value is -2.91. The molecule has 1 heterocycles. The van der Waals surface area contributed by atoms with E-state index in [0.29, 0.717) is 12.1 Å². The van der Waals surface area contributed by atoms with Gasteiger partial charge < -0.3 is 4.52 Å². The van der Waals surface area contributed by atoms with Gasteiger partial charge in [0.15, 0.2) is 5.82 Å². The number of nitrogens with zero attached hydrogens (tertiary/aromatic N) is 3. The number of halogens is 2. The second kappa shape index (κ2) is 4.99. The topological polar surface area (TPSA) is 111 Å². The minimum Gasteiger partial charge on any atom is -0.315 e. The van der Waals surface area contributed by atoms with E-state index in [4.69, 9.17) is 0 Å². The average Bonchev–Trinajstić information content (AvgIpc) is 2.76. The summed E-state index contributed by atoms with van der Waals surface area (Å²) in [7, 11) is 0. The first-order valence-corrected chi connectivity index (χ1v) is 5.13. The van der Waals surface area contributed by atoms with Crippen molar-refractivity contribution in [1.82, 2.24) is 10.1 Å². The van der Waals surface area contributed by atoms with Crippen molar-refractivity contribution >= 4 is 17.6 Å². The molecule has 0 spiro atoms. The highest BCUT2D eigenvalue weighted by Gasteiger charge is 2.23. The summed E-state index contributed by atoms with van der Waals surface area (Å²) in [5.41, 5.74) is -1.78. The SMILES string of the molecule is Cc1noc(NC(=O)c2cc(F)c([N+](=O)[O-])cc2F)n1. The van der Waals surface area contributed by atoms with E-state index in [1.165, 1.54) is 6.92 Å². The maximum absolute atomic E-state index is 13.6. The number of aromatic nitrogens is 2. The van der Waals surface area contributed by atoms with Crippen molar-refractivity contribution in [2.75, 3.05) is 5.32 Å². The Labute approximate surface area is 109 Å². The second-order valence-electron chi connectivity index (χ2n) is 3.64. The van der Waals surface area contributed by atoms with Gasteiger partial charge in [-0.2, -0.15) is 9.37 Å². The summed E-state index contributed by atoms with van der Waals surface area (Å²) >= 11 is 0. The minimum absolute atomic E-state index is 0.232. The van der Waals surface area contributed by atoms with Crippen LogP contribution in [0.2, 0.25) is 0 Å². The highest BCUT2D eigenvalue weighted by molar-refractivity contribution is 6.03. The molecule has 8 nitrogen and oxygen atoms in total. The van der Waals surface area contributed by atoms with Crippen LogP contribution in [0.4, 0.5) is 20.5 Å². The lowest BCUT2D eigenvalue weighted by molar-refractivity contribution is -0.387.